The van der Waals surface area contributed by atoms with Crippen molar-refractivity contribution in [3.63, 3.8) is 0 Å². The molecule has 1 saturated carbocycles. The summed E-state index contributed by atoms with van der Waals surface area (Å²) in [5.74, 6) is -0.275. The molecule has 2 rings (SSSR count). The molecule has 1 aromatic heterocycles. The van der Waals surface area contributed by atoms with Crippen molar-refractivity contribution in [2.75, 3.05) is 0 Å². The lowest BCUT2D eigenvalue weighted by atomic mass is 10.2. The van der Waals surface area contributed by atoms with Gasteiger partial charge in [0.2, 0.25) is 0 Å². The number of aryl methyl sites for hydroxylation is 1. The van der Waals surface area contributed by atoms with Crippen molar-refractivity contribution in [1.82, 2.24) is 5.32 Å². The summed E-state index contributed by atoms with van der Waals surface area (Å²) in [4.78, 5) is 22.3. The number of rotatable bonds is 5. The number of aliphatic carboxylic acids is 1. The van der Waals surface area contributed by atoms with E-state index in [1.165, 1.54) is 0 Å². The summed E-state index contributed by atoms with van der Waals surface area (Å²) in [5, 5.41) is 11.5. The minimum absolute atomic E-state index is 0.0111. The molecule has 0 spiro atoms. The van der Waals surface area contributed by atoms with Crippen molar-refractivity contribution in [2.45, 2.75) is 44.6 Å². The molecule has 1 fully saturated rings. The third-order valence-electron chi connectivity index (χ3n) is 3.16. The van der Waals surface area contributed by atoms with Crippen LogP contribution in [0.25, 0.3) is 0 Å². The average Bonchev–Trinajstić information content (AvgIpc) is 2.96. The van der Waals surface area contributed by atoms with E-state index >= 15 is 0 Å². The maximum absolute atomic E-state index is 11.8. The zero-order chi connectivity index (χ0) is 13.0. The molecule has 98 valence electrons. The van der Waals surface area contributed by atoms with Crippen molar-refractivity contribution in [3.05, 3.63) is 23.7 Å². The fourth-order valence-electron chi connectivity index (χ4n) is 2.19. The largest absolute Gasteiger partial charge is 0.481 e. The third kappa shape index (κ3) is 3.35. The fraction of sp³-hybridized carbons (Fsp3) is 0.538. The third-order valence-corrected chi connectivity index (χ3v) is 3.16. The first-order chi connectivity index (χ1) is 8.65. The van der Waals surface area contributed by atoms with Gasteiger partial charge in [0.1, 0.15) is 5.76 Å². The second-order valence-electron chi connectivity index (χ2n) is 4.61. The first-order valence-corrected chi connectivity index (χ1v) is 6.26. The summed E-state index contributed by atoms with van der Waals surface area (Å²) >= 11 is 0. The maximum atomic E-state index is 11.8. The van der Waals surface area contributed by atoms with Crippen LogP contribution in [-0.4, -0.2) is 23.0 Å². The Morgan fingerprint density at radius 1 is 1.33 bits per heavy atom. The first kappa shape index (κ1) is 12.7. The zero-order valence-electron chi connectivity index (χ0n) is 10.1. The molecule has 0 atom stereocenters. The monoisotopic (exact) mass is 251 g/mol. The molecule has 1 aromatic rings. The Kier molecular flexibility index (Phi) is 4.02. The van der Waals surface area contributed by atoms with Crippen LogP contribution < -0.4 is 5.32 Å². The van der Waals surface area contributed by atoms with E-state index in [9.17, 15) is 9.59 Å². The van der Waals surface area contributed by atoms with Gasteiger partial charge in [-0.2, -0.15) is 0 Å². The summed E-state index contributed by atoms with van der Waals surface area (Å²) in [7, 11) is 0. The van der Waals surface area contributed by atoms with E-state index in [4.69, 9.17) is 9.52 Å². The van der Waals surface area contributed by atoms with E-state index < -0.39 is 5.97 Å². The van der Waals surface area contributed by atoms with Crippen molar-refractivity contribution < 1.29 is 19.1 Å². The lowest BCUT2D eigenvalue weighted by molar-refractivity contribution is -0.137. The lowest BCUT2D eigenvalue weighted by Gasteiger charge is -2.09. The molecule has 0 unspecified atom stereocenters. The molecule has 1 heterocycles. The van der Waals surface area contributed by atoms with Gasteiger partial charge in [-0.3, -0.25) is 9.59 Å². The van der Waals surface area contributed by atoms with Crippen LogP contribution in [0.4, 0.5) is 0 Å². The second-order valence-corrected chi connectivity index (χ2v) is 4.61. The minimum atomic E-state index is -0.872. The Balaban J connectivity index is 1.88. The lowest BCUT2D eigenvalue weighted by Crippen LogP contribution is -2.32. The molecule has 5 nitrogen and oxygen atoms in total. The number of carboxylic acids is 1. The van der Waals surface area contributed by atoms with Gasteiger partial charge in [-0.25, -0.2) is 0 Å². The van der Waals surface area contributed by atoms with Gasteiger partial charge in [0.15, 0.2) is 5.76 Å². The number of carbonyl (C=O) groups excluding carboxylic acids is 1. The number of hydrogen-bond acceptors (Lipinski definition) is 3. The van der Waals surface area contributed by atoms with Crippen molar-refractivity contribution in [2.24, 2.45) is 0 Å². The standard InChI is InChI=1S/C13H17NO4/c15-12(16)8-6-10-5-7-11(18-10)13(17)14-9-3-1-2-4-9/h5,7,9H,1-4,6,8H2,(H,14,17)(H,15,16). The molecule has 1 aliphatic rings. The molecular formula is C13H17NO4. The van der Waals surface area contributed by atoms with Crippen molar-refractivity contribution in [3.8, 4) is 0 Å². The van der Waals surface area contributed by atoms with Gasteiger partial charge in [-0.1, -0.05) is 12.8 Å². The summed E-state index contributed by atoms with van der Waals surface area (Å²) in [6.07, 6.45) is 4.69. The summed E-state index contributed by atoms with van der Waals surface area (Å²) < 4.78 is 5.33. The normalized spacial score (nSPS) is 15.8. The molecule has 2 N–H and O–H groups in total. The van der Waals surface area contributed by atoms with E-state index in [2.05, 4.69) is 5.32 Å². The Hall–Kier alpha value is -1.78. The predicted molar refractivity (Wildman–Crippen MR) is 64.4 cm³/mol. The highest BCUT2D eigenvalue weighted by Gasteiger charge is 2.19. The Labute approximate surface area is 105 Å². The van der Waals surface area contributed by atoms with Crippen molar-refractivity contribution in [1.29, 1.82) is 0 Å². The van der Waals surface area contributed by atoms with Crippen LogP contribution in [0.2, 0.25) is 0 Å². The highest BCUT2D eigenvalue weighted by molar-refractivity contribution is 5.91. The van der Waals surface area contributed by atoms with E-state index in [1.807, 2.05) is 0 Å². The molecule has 5 heteroatoms. The van der Waals surface area contributed by atoms with E-state index in [0.717, 1.165) is 25.7 Å². The highest BCUT2D eigenvalue weighted by atomic mass is 16.4. The average molecular weight is 251 g/mol. The Morgan fingerprint density at radius 2 is 2.06 bits per heavy atom. The van der Waals surface area contributed by atoms with Crippen LogP contribution in [0.15, 0.2) is 16.5 Å². The molecule has 1 amide bonds. The molecule has 0 saturated heterocycles. The van der Waals surface area contributed by atoms with Crippen LogP contribution in [0.3, 0.4) is 0 Å². The van der Waals surface area contributed by atoms with Crippen LogP contribution in [0.1, 0.15) is 48.4 Å². The summed E-state index contributed by atoms with van der Waals surface area (Å²) in [5.41, 5.74) is 0. The number of carboxylic acid groups (broad SMARTS) is 1. The molecular weight excluding hydrogens is 234 g/mol. The summed E-state index contributed by atoms with van der Waals surface area (Å²) in [6.45, 7) is 0. The van der Waals surface area contributed by atoms with Crippen LogP contribution in [0.5, 0.6) is 0 Å². The maximum Gasteiger partial charge on any atom is 0.303 e. The van der Waals surface area contributed by atoms with Gasteiger partial charge in [0.05, 0.1) is 6.42 Å². The quantitative estimate of drug-likeness (QED) is 0.838. The van der Waals surface area contributed by atoms with Gasteiger partial charge >= 0.3 is 5.97 Å². The fourth-order valence-corrected chi connectivity index (χ4v) is 2.19. The molecule has 0 bridgehead atoms. The topological polar surface area (TPSA) is 79.5 Å². The number of furan rings is 1. The first-order valence-electron chi connectivity index (χ1n) is 6.26. The van der Waals surface area contributed by atoms with Crippen LogP contribution in [-0.2, 0) is 11.2 Å². The number of carbonyl (C=O) groups is 2. The second kappa shape index (κ2) is 5.71. The number of hydrogen-bond donors (Lipinski definition) is 2. The minimum Gasteiger partial charge on any atom is -0.481 e. The molecule has 1 aliphatic carbocycles. The predicted octanol–water partition coefficient (Wildman–Crippen LogP) is 1.97. The molecule has 0 aliphatic heterocycles. The molecule has 0 aromatic carbocycles. The Bertz CT molecular complexity index is 432. The van der Waals surface area contributed by atoms with E-state index in [1.54, 1.807) is 12.1 Å². The van der Waals surface area contributed by atoms with E-state index in [-0.39, 0.29) is 24.1 Å². The van der Waals surface area contributed by atoms with Gasteiger partial charge in [-0.15, -0.1) is 0 Å². The van der Waals surface area contributed by atoms with Gasteiger partial charge in [-0.05, 0) is 25.0 Å². The van der Waals surface area contributed by atoms with E-state index in [0.29, 0.717) is 12.2 Å². The highest BCUT2D eigenvalue weighted by Crippen LogP contribution is 2.18. The van der Waals surface area contributed by atoms with Gasteiger partial charge < -0.3 is 14.8 Å². The SMILES string of the molecule is O=C(O)CCc1ccc(C(=O)NC2CCCC2)o1. The summed E-state index contributed by atoms with van der Waals surface area (Å²) in [6, 6.07) is 3.51. The zero-order valence-corrected chi connectivity index (χ0v) is 10.1. The Morgan fingerprint density at radius 3 is 2.72 bits per heavy atom. The van der Waals surface area contributed by atoms with Crippen molar-refractivity contribution >= 4 is 11.9 Å². The van der Waals surface area contributed by atoms with Crippen LogP contribution in [0, 0.1) is 0 Å². The van der Waals surface area contributed by atoms with Crippen LogP contribution >= 0.6 is 0 Å². The molecule has 18 heavy (non-hydrogen) atoms. The molecule has 0 radical (unpaired) electrons. The van der Waals surface area contributed by atoms with Gasteiger partial charge in [0, 0.05) is 12.5 Å². The van der Waals surface area contributed by atoms with Gasteiger partial charge in [0.25, 0.3) is 5.91 Å². The number of amides is 1. The smallest absolute Gasteiger partial charge is 0.303 e. The number of nitrogens with one attached hydrogen (secondary N) is 1.